The van der Waals surface area contributed by atoms with Gasteiger partial charge in [0.25, 0.3) is 0 Å². The van der Waals surface area contributed by atoms with Crippen molar-refractivity contribution < 1.29 is 9.18 Å². The summed E-state index contributed by atoms with van der Waals surface area (Å²) < 4.78 is 13.8. The van der Waals surface area contributed by atoms with E-state index in [-0.39, 0.29) is 24.2 Å². The zero-order chi connectivity index (χ0) is 16.9. The molecule has 1 fully saturated rings. The summed E-state index contributed by atoms with van der Waals surface area (Å²) in [6.45, 7) is 1.74. The molecule has 2 heterocycles. The molecule has 1 aliphatic heterocycles. The van der Waals surface area contributed by atoms with E-state index in [0.717, 1.165) is 19.4 Å². The van der Waals surface area contributed by atoms with Gasteiger partial charge in [-0.15, -0.1) is 0 Å². The lowest BCUT2D eigenvalue weighted by molar-refractivity contribution is -0.135. The highest BCUT2D eigenvalue weighted by Gasteiger charge is 2.29. The van der Waals surface area contributed by atoms with Crippen LogP contribution in [0.2, 0.25) is 0 Å². The van der Waals surface area contributed by atoms with E-state index < -0.39 is 0 Å². The molecule has 5 nitrogen and oxygen atoms in total. The quantitative estimate of drug-likeness (QED) is 0.865. The van der Waals surface area contributed by atoms with Crippen molar-refractivity contribution in [2.24, 2.45) is 5.92 Å². The number of rotatable bonds is 4. The van der Waals surface area contributed by atoms with Crippen LogP contribution in [0, 0.1) is 11.7 Å². The summed E-state index contributed by atoms with van der Waals surface area (Å²) in [6.07, 6.45) is 5.17. The zero-order valence-corrected chi connectivity index (χ0v) is 13.7. The highest BCUT2D eigenvalue weighted by Crippen LogP contribution is 2.22. The number of piperidine rings is 1. The first-order valence-electron chi connectivity index (χ1n) is 8.15. The number of anilines is 1. The SMILES string of the molecule is CN(Cc1ccccc1F)C(=O)C1CCCN(c2ncccn2)C1. The highest BCUT2D eigenvalue weighted by molar-refractivity contribution is 5.79. The lowest BCUT2D eigenvalue weighted by Gasteiger charge is -2.34. The van der Waals surface area contributed by atoms with Crippen molar-refractivity contribution in [1.82, 2.24) is 14.9 Å². The fourth-order valence-electron chi connectivity index (χ4n) is 3.09. The minimum atomic E-state index is -0.278. The Hall–Kier alpha value is -2.50. The van der Waals surface area contributed by atoms with Crippen molar-refractivity contribution in [1.29, 1.82) is 0 Å². The third kappa shape index (κ3) is 3.69. The number of aromatic nitrogens is 2. The second kappa shape index (κ2) is 7.38. The van der Waals surface area contributed by atoms with Crippen LogP contribution >= 0.6 is 0 Å². The maximum Gasteiger partial charge on any atom is 0.227 e. The molecule has 1 atom stereocenters. The number of amides is 1. The van der Waals surface area contributed by atoms with E-state index in [1.807, 2.05) is 4.90 Å². The van der Waals surface area contributed by atoms with Crippen LogP contribution in [0.5, 0.6) is 0 Å². The molecular formula is C18H21FN4O. The van der Waals surface area contributed by atoms with Gasteiger partial charge in [0.05, 0.1) is 5.92 Å². The molecule has 0 radical (unpaired) electrons. The Bertz CT molecular complexity index is 694. The molecule has 0 N–H and O–H groups in total. The van der Waals surface area contributed by atoms with E-state index in [9.17, 15) is 9.18 Å². The fourth-order valence-corrected chi connectivity index (χ4v) is 3.09. The van der Waals surface area contributed by atoms with Gasteiger partial charge in [-0.25, -0.2) is 14.4 Å². The van der Waals surface area contributed by atoms with Crippen LogP contribution in [0.3, 0.4) is 0 Å². The fraction of sp³-hybridized carbons (Fsp3) is 0.389. The van der Waals surface area contributed by atoms with Crippen molar-refractivity contribution in [3.63, 3.8) is 0 Å². The Balaban J connectivity index is 1.65. The second-order valence-corrected chi connectivity index (χ2v) is 6.12. The molecule has 0 saturated carbocycles. The average Bonchev–Trinajstić information content (AvgIpc) is 2.64. The van der Waals surface area contributed by atoms with Gasteiger partial charge in [0.1, 0.15) is 5.82 Å². The molecule has 3 rings (SSSR count). The summed E-state index contributed by atoms with van der Waals surface area (Å²) in [4.78, 5) is 24.9. The molecule has 0 spiro atoms. The van der Waals surface area contributed by atoms with Crippen molar-refractivity contribution >= 4 is 11.9 Å². The molecule has 1 aliphatic rings. The van der Waals surface area contributed by atoms with Gasteiger partial charge >= 0.3 is 0 Å². The number of hydrogen-bond donors (Lipinski definition) is 0. The minimum absolute atomic E-state index is 0.0406. The smallest absolute Gasteiger partial charge is 0.227 e. The summed E-state index contributed by atoms with van der Waals surface area (Å²) in [5.74, 6) is 0.310. The maximum atomic E-state index is 13.8. The third-order valence-electron chi connectivity index (χ3n) is 4.35. The maximum absolute atomic E-state index is 13.8. The molecule has 126 valence electrons. The molecule has 1 amide bonds. The molecule has 1 aromatic carbocycles. The van der Waals surface area contributed by atoms with E-state index in [0.29, 0.717) is 18.1 Å². The zero-order valence-electron chi connectivity index (χ0n) is 13.7. The van der Waals surface area contributed by atoms with Gasteiger partial charge in [-0.2, -0.15) is 0 Å². The van der Waals surface area contributed by atoms with Gasteiger partial charge in [0.2, 0.25) is 11.9 Å². The van der Waals surface area contributed by atoms with E-state index >= 15 is 0 Å². The number of hydrogen-bond acceptors (Lipinski definition) is 4. The van der Waals surface area contributed by atoms with Crippen LogP contribution in [0.1, 0.15) is 18.4 Å². The molecule has 1 aromatic heterocycles. The predicted molar refractivity (Wildman–Crippen MR) is 89.8 cm³/mol. The van der Waals surface area contributed by atoms with Crippen LogP contribution < -0.4 is 4.90 Å². The van der Waals surface area contributed by atoms with Gasteiger partial charge in [-0.05, 0) is 25.0 Å². The number of carbonyl (C=O) groups excluding carboxylic acids is 1. The molecule has 1 unspecified atom stereocenters. The molecule has 6 heteroatoms. The second-order valence-electron chi connectivity index (χ2n) is 6.12. The van der Waals surface area contributed by atoms with Gasteiger partial charge < -0.3 is 9.80 Å². The first-order chi connectivity index (χ1) is 11.6. The van der Waals surface area contributed by atoms with E-state index in [1.54, 1.807) is 48.6 Å². The van der Waals surface area contributed by atoms with E-state index in [1.165, 1.54) is 6.07 Å². The Morgan fingerprint density at radius 3 is 2.79 bits per heavy atom. The molecule has 0 bridgehead atoms. The Morgan fingerprint density at radius 2 is 2.04 bits per heavy atom. The highest BCUT2D eigenvalue weighted by atomic mass is 19.1. The van der Waals surface area contributed by atoms with Crippen LogP contribution in [0.15, 0.2) is 42.7 Å². The molecule has 0 aliphatic carbocycles. The molecule has 24 heavy (non-hydrogen) atoms. The Labute approximate surface area is 141 Å². The van der Waals surface area contributed by atoms with Gasteiger partial charge in [-0.1, -0.05) is 18.2 Å². The standard InChI is InChI=1S/C18H21FN4O/c1-22(12-14-6-2-3-8-16(14)19)17(24)15-7-4-11-23(13-15)18-20-9-5-10-21-18/h2-3,5-6,8-10,15H,4,7,11-13H2,1H3. The largest absolute Gasteiger partial charge is 0.341 e. The van der Waals surface area contributed by atoms with Gasteiger partial charge in [0, 0.05) is 44.6 Å². The summed E-state index contributed by atoms with van der Waals surface area (Å²) in [5.41, 5.74) is 0.535. The average molecular weight is 328 g/mol. The van der Waals surface area contributed by atoms with Crippen LogP contribution in [0.25, 0.3) is 0 Å². The molecule has 1 saturated heterocycles. The van der Waals surface area contributed by atoms with Crippen molar-refractivity contribution in [2.45, 2.75) is 19.4 Å². The van der Waals surface area contributed by atoms with E-state index in [2.05, 4.69) is 9.97 Å². The minimum Gasteiger partial charge on any atom is -0.341 e. The number of benzene rings is 1. The normalized spacial score (nSPS) is 17.6. The van der Waals surface area contributed by atoms with E-state index in [4.69, 9.17) is 0 Å². The first kappa shape index (κ1) is 16.4. The number of halogens is 1. The summed E-state index contributed by atoms with van der Waals surface area (Å²) in [7, 11) is 1.73. The monoisotopic (exact) mass is 328 g/mol. The molecular weight excluding hydrogens is 307 g/mol. The van der Waals surface area contributed by atoms with Crippen LogP contribution in [0.4, 0.5) is 10.3 Å². The molecule has 2 aromatic rings. The Kier molecular flexibility index (Phi) is 5.03. The summed E-state index contributed by atoms with van der Waals surface area (Å²) in [6, 6.07) is 8.34. The lowest BCUT2D eigenvalue weighted by Crippen LogP contribution is -2.44. The topological polar surface area (TPSA) is 49.3 Å². The number of nitrogens with zero attached hydrogens (tertiary/aromatic N) is 4. The van der Waals surface area contributed by atoms with Gasteiger partial charge in [-0.3, -0.25) is 4.79 Å². The van der Waals surface area contributed by atoms with Crippen molar-refractivity contribution in [3.05, 3.63) is 54.1 Å². The number of carbonyl (C=O) groups is 1. The first-order valence-corrected chi connectivity index (χ1v) is 8.15. The van der Waals surface area contributed by atoms with Crippen LogP contribution in [-0.2, 0) is 11.3 Å². The third-order valence-corrected chi connectivity index (χ3v) is 4.35. The lowest BCUT2D eigenvalue weighted by atomic mass is 9.96. The summed E-state index contributed by atoms with van der Waals surface area (Å²) >= 11 is 0. The van der Waals surface area contributed by atoms with Crippen molar-refractivity contribution in [2.75, 3.05) is 25.0 Å². The predicted octanol–water partition coefficient (Wildman–Crippen LogP) is 2.49. The van der Waals surface area contributed by atoms with Gasteiger partial charge in [0.15, 0.2) is 0 Å². The van der Waals surface area contributed by atoms with Crippen molar-refractivity contribution in [3.8, 4) is 0 Å². The summed E-state index contributed by atoms with van der Waals surface area (Å²) in [5, 5.41) is 0. The van der Waals surface area contributed by atoms with Crippen LogP contribution in [-0.4, -0.2) is 40.9 Å². The Morgan fingerprint density at radius 1 is 1.29 bits per heavy atom.